The van der Waals surface area contributed by atoms with Crippen molar-refractivity contribution in [3.05, 3.63) is 34.9 Å². The van der Waals surface area contributed by atoms with E-state index in [1.165, 1.54) is 4.90 Å². The van der Waals surface area contributed by atoms with Gasteiger partial charge in [-0.2, -0.15) is 0 Å². The Morgan fingerprint density at radius 3 is 2.52 bits per heavy atom. The molecule has 0 radical (unpaired) electrons. The van der Waals surface area contributed by atoms with Crippen LogP contribution in [0.1, 0.15) is 12.0 Å². The average Bonchev–Trinajstić information content (AvgIpc) is 2.91. The molecule has 138 valence electrons. The summed E-state index contributed by atoms with van der Waals surface area (Å²) in [7, 11) is 0. The van der Waals surface area contributed by atoms with Gasteiger partial charge < -0.3 is 9.80 Å². The van der Waals surface area contributed by atoms with E-state index >= 15 is 0 Å². The highest BCUT2D eigenvalue weighted by Crippen LogP contribution is 2.26. The normalized spacial score (nSPS) is 22.7. The summed E-state index contributed by atoms with van der Waals surface area (Å²) in [5.74, 6) is -3.47. The van der Waals surface area contributed by atoms with Crippen molar-refractivity contribution in [2.75, 3.05) is 26.2 Å². The molecule has 0 spiro atoms. The Morgan fingerprint density at radius 1 is 1.28 bits per heavy atom. The molecule has 2 aliphatic heterocycles. The lowest BCUT2D eigenvalue weighted by molar-refractivity contribution is -0.146. The van der Waals surface area contributed by atoms with Gasteiger partial charge in [0.15, 0.2) is 0 Å². The Morgan fingerprint density at radius 2 is 1.96 bits per heavy atom. The highest BCUT2D eigenvalue weighted by atomic mass is 35.5. The van der Waals surface area contributed by atoms with E-state index in [9.17, 15) is 18.4 Å². The molecule has 1 atom stereocenters. The zero-order valence-corrected chi connectivity index (χ0v) is 15.0. The molecule has 2 saturated heterocycles. The van der Waals surface area contributed by atoms with Crippen LogP contribution in [0.5, 0.6) is 0 Å². The van der Waals surface area contributed by atoms with Gasteiger partial charge in [-0.1, -0.05) is 23.7 Å². The number of hydrogen-bond donors (Lipinski definition) is 1. The highest BCUT2D eigenvalue weighted by Gasteiger charge is 2.44. The second-order valence-electron chi connectivity index (χ2n) is 6.20. The van der Waals surface area contributed by atoms with Gasteiger partial charge in [-0.15, -0.1) is 12.4 Å². The first-order chi connectivity index (χ1) is 11.3. The van der Waals surface area contributed by atoms with Gasteiger partial charge in [0.2, 0.25) is 11.8 Å². The van der Waals surface area contributed by atoms with E-state index < -0.39 is 30.8 Å². The summed E-state index contributed by atoms with van der Waals surface area (Å²) >= 11 is 5.84. The van der Waals surface area contributed by atoms with Crippen LogP contribution in [0.25, 0.3) is 0 Å². The summed E-state index contributed by atoms with van der Waals surface area (Å²) in [6, 6.07) is 6.30. The van der Waals surface area contributed by atoms with Crippen molar-refractivity contribution in [2.24, 2.45) is 0 Å². The fourth-order valence-electron chi connectivity index (χ4n) is 2.98. The molecular formula is C16H19Cl2F2N3O2. The first-order valence-corrected chi connectivity index (χ1v) is 8.14. The summed E-state index contributed by atoms with van der Waals surface area (Å²) in [6.45, 7) is 0.611. The van der Waals surface area contributed by atoms with Gasteiger partial charge in [0.1, 0.15) is 0 Å². The molecule has 2 aliphatic rings. The van der Waals surface area contributed by atoms with Crippen LogP contribution in [0.15, 0.2) is 24.3 Å². The van der Waals surface area contributed by atoms with Crippen LogP contribution in [0.2, 0.25) is 5.02 Å². The minimum absolute atomic E-state index is 0. The molecule has 1 aromatic carbocycles. The SMILES string of the molecule is Cl.O=C1CN(C(=O)C2CC(F)(F)CN2)CCN1Cc1ccc(Cl)cc1. The fourth-order valence-corrected chi connectivity index (χ4v) is 3.11. The largest absolute Gasteiger partial charge is 0.335 e. The van der Waals surface area contributed by atoms with Crippen molar-refractivity contribution >= 4 is 35.8 Å². The molecule has 5 nitrogen and oxygen atoms in total. The molecule has 25 heavy (non-hydrogen) atoms. The Balaban J connectivity index is 0.00000225. The first kappa shape index (κ1) is 19.9. The zero-order valence-electron chi connectivity index (χ0n) is 13.4. The molecule has 0 saturated carbocycles. The predicted molar refractivity (Wildman–Crippen MR) is 92.1 cm³/mol. The topological polar surface area (TPSA) is 52.7 Å². The maximum atomic E-state index is 13.2. The number of alkyl halides is 2. The lowest BCUT2D eigenvalue weighted by atomic mass is 10.1. The van der Waals surface area contributed by atoms with Crippen LogP contribution in [0.4, 0.5) is 8.78 Å². The maximum Gasteiger partial charge on any atom is 0.262 e. The molecule has 1 aromatic rings. The van der Waals surface area contributed by atoms with Gasteiger partial charge >= 0.3 is 0 Å². The van der Waals surface area contributed by atoms with Crippen LogP contribution < -0.4 is 5.32 Å². The minimum Gasteiger partial charge on any atom is -0.335 e. The molecule has 0 bridgehead atoms. The molecule has 2 fully saturated rings. The molecule has 0 aliphatic carbocycles. The lowest BCUT2D eigenvalue weighted by Gasteiger charge is -2.35. The third kappa shape index (κ3) is 4.80. The van der Waals surface area contributed by atoms with Crippen LogP contribution in [-0.4, -0.2) is 59.8 Å². The molecule has 9 heteroatoms. The van der Waals surface area contributed by atoms with E-state index in [2.05, 4.69) is 5.32 Å². The molecule has 3 rings (SSSR count). The van der Waals surface area contributed by atoms with Gasteiger partial charge in [-0.25, -0.2) is 8.78 Å². The van der Waals surface area contributed by atoms with E-state index in [0.717, 1.165) is 5.56 Å². The Kier molecular flexibility index (Phi) is 6.24. The van der Waals surface area contributed by atoms with E-state index in [-0.39, 0.29) is 24.9 Å². The number of halogens is 4. The number of hydrogen-bond acceptors (Lipinski definition) is 3. The standard InChI is InChI=1S/C16H18ClF2N3O2.ClH/c17-12-3-1-11(2-4-12)8-21-5-6-22(9-14(21)23)15(24)13-7-16(18,19)10-20-13;/h1-4,13,20H,5-10H2;1H. The smallest absolute Gasteiger partial charge is 0.262 e. The van der Waals surface area contributed by atoms with E-state index in [0.29, 0.717) is 24.7 Å². The second kappa shape index (κ2) is 7.85. The summed E-state index contributed by atoms with van der Waals surface area (Å²) < 4.78 is 26.4. The van der Waals surface area contributed by atoms with Crippen molar-refractivity contribution in [1.29, 1.82) is 0 Å². The van der Waals surface area contributed by atoms with Gasteiger partial charge in [-0.05, 0) is 17.7 Å². The van der Waals surface area contributed by atoms with Crippen LogP contribution in [-0.2, 0) is 16.1 Å². The van der Waals surface area contributed by atoms with Crippen molar-refractivity contribution in [1.82, 2.24) is 15.1 Å². The van der Waals surface area contributed by atoms with E-state index in [1.807, 2.05) is 12.1 Å². The second-order valence-corrected chi connectivity index (χ2v) is 6.63. The number of carbonyl (C=O) groups excluding carboxylic acids is 2. The molecule has 2 amide bonds. The maximum absolute atomic E-state index is 13.2. The quantitative estimate of drug-likeness (QED) is 0.853. The van der Waals surface area contributed by atoms with Crippen molar-refractivity contribution < 1.29 is 18.4 Å². The van der Waals surface area contributed by atoms with Crippen LogP contribution in [0.3, 0.4) is 0 Å². The van der Waals surface area contributed by atoms with Gasteiger partial charge in [0, 0.05) is 31.1 Å². The van der Waals surface area contributed by atoms with Crippen molar-refractivity contribution in [3.8, 4) is 0 Å². The number of nitrogens with one attached hydrogen (secondary N) is 1. The molecule has 1 N–H and O–H groups in total. The molecule has 1 unspecified atom stereocenters. The third-order valence-corrected chi connectivity index (χ3v) is 4.58. The number of amides is 2. The van der Waals surface area contributed by atoms with E-state index in [1.54, 1.807) is 17.0 Å². The zero-order chi connectivity index (χ0) is 17.3. The Labute approximate surface area is 155 Å². The number of nitrogens with zero attached hydrogens (tertiary/aromatic N) is 2. The molecule has 2 heterocycles. The molecule has 0 aromatic heterocycles. The van der Waals surface area contributed by atoms with Crippen molar-refractivity contribution in [2.45, 2.75) is 24.9 Å². The Bertz CT molecular complexity index is 643. The number of benzene rings is 1. The lowest BCUT2D eigenvalue weighted by Crippen LogP contribution is -2.55. The number of piperazine rings is 1. The third-order valence-electron chi connectivity index (χ3n) is 4.32. The van der Waals surface area contributed by atoms with Gasteiger partial charge in [-0.3, -0.25) is 14.9 Å². The summed E-state index contributed by atoms with van der Waals surface area (Å²) in [4.78, 5) is 27.6. The highest BCUT2D eigenvalue weighted by molar-refractivity contribution is 6.30. The van der Waals surface area contributed by atoms with Gasteiger partial charge in [0.25, 0.3) is 5.92 Å². The number of rotatable bonds is 3. The van der Waals surface area contributed by atoms with E-state index in [4.69, 9.17) is 11.6 Å². The fraction of sp³-hybridized carbons (Fsp3) is 0.500. The predicted octanol–water partition coefficient (Wildman–Crippen LogP) is 1.93. The monoisotopic (exact) mass is 393 g/mol. The number of carbonyl (C=O) groups is 2. The minimum atomic E-state index is -2.86. The summed E-state index contributed by atoms with van der Waals surface area (Å²) in [6.07, 6.45) is -0.509. The first-order valence-electron chi connectivity index (χ1n) is 7.76. The average molecular weight is 394 g/mol. The molecular weight excluding hydrogens is 375 g/mol. The van der Waals surface area contributed by atoms with Crippen molar-refractivity contribution in [3.63, 3.8) is 0 Å². The van der Waals surface area contributed by atoms with Crippen LogP contribution >= 0.6 is 24.0 Å². The summed E-state index contributed by atoms with van der Waals surface area (Å²) in [5.41, 5.74) is 0.949. The van der Waals surface area contributed by atoms with Crippen LogP contribution in [0, 0.1) is 0 Å². The Hall–Kier alpha value is -1.44. The summed E-state index contributed by atoms with van der Waals surface area (Å²) in [5, 5.41) is 3.16. The van der Waals surface area contributed by atoms with Gasteiger partial charge in [0.05, 0.1) is 19.1 Å².